The highest BCUT2D eigenvalue weighted by Gasteiger charge is 2.09. The molecule has 0 saturated carbocycles. The fourth-order valence-electron chi connectivity index (χ4n) is 1.89. The van der Waals surface area contributed by atoms with Crippen LogP contribution in [0.4, 0.5) is 5.69 Å². The normalized spacial score (nSPS) is 11.5. The molecule has 0 saturated heterocycles. The molecule has 0 aliphatic carbocycles. The van der Waals surface area contributed by atoms with Crippen molar-refractivity contribution in [1.29, 1.82) is 0 Å². The first-order valence-corrected chi connectivity index (χ1v) is 7.11. The van der Waals surface area contributed by atoms with E-state index in [1.807, 2.05) is 6.92 Å². The summed E-state index contributed by atoms with van der Waals surface area (Å²) in [7, 11) is 0. The summed E-state index contributed by atoms with van der Waals surface area (Å²) in [6.45, 7) is 6.00. The lowest BCUT2D eigenvalue weighted by atomic mass is 10.1. The fourth-order valence-corrected chi connectivity index (χ4v) is 1.89. The second-order valence-corrected chi connectivity index (χ2v) is 4.88. The molecule has 2 amide bonds. The van der Waals surface area contributed by atoms with Crippen molar-refractivity contribution in [2.24, 2.45) is 5.73 Å². The maximum Gasteiger partial charge on any atom is 0.251 e. The number of carbonyl (C=O) groups is 2. The molecule has 1 rings (SSSR count). The molecule has 0 aliphatic rings. The summed E-state index contributed by atoms with van der Waals surface area (Å²) in [6.07, 6.45) is 3.71. The van der Waals surface area contributed by atoms with Gasteiger partial charge >= 0.3 is 0 Å². The first kappa shape index (κ1) is 16.9. The van der Waals surface area contributed by atoms with E-state index in [-0.39, 0.29) is 17.9 Å². The van der Waals surface area contributed by atoms with Crippen LogP contribution in [0.15, 0.2) is 36.9 Å². The maximum absolute atomic E-state index is 11.8. The van der Waals surface area contributed by atoms with E-state index in [4.69, 9.17) is 5.73 Å². The third kappa shape index (κ3) is 6.23. The third-order valence-corrected chi connectivity index (χ3v) is 2.94. The zero-order chi connectivity index (χ0) is 15.7. The number of rotatable bonds is 8. The van der Waals surface area contributed by atoms with Gasteiger partial charge < -0.3 is 16.4 Å². The van der Waals surface area contributed by atoms with Crippen molar-refractivity contribution in [3.05, 3.63) is 42.5 Å². The Bertz CT molecular complexity index is 483. The fraction of sp³-hybridized carbons (Fsp3) is 0.375. The van der Waals surface area contributed by atoms with Crippen molar-refractivity contribution in [3.63, 3.8) is 0 Å². The third-order valence-electron chi connectivity index (χ3n) is 2.94. The molecule has 0 aliphatic heterocycles. The summed E-state index contributed by atoms with van der Waals surface area (Å²) in [5.41, 5.74) is 7.02. The van der Waals surface area contributed by atoms with Crippen LogP contribution in [0.1, 0.15) is 36.5 Å². The number of anilines is 1. The highest BCUT2D eigenvalue weighted by atomic mass is 16.2. The molecular weight excluding hydrogens is 266 g/mol. The largest absolute Gasteiger partial charge is 0.349 e. The Kier molecular flexibility index (Phi) is 7.18. The van der Waals surface area contributed by atoms with E-state index in [2.05, 4.69) is 17.2 Å². The number of carbonyl (C=O) groups excluding carboxylic acids is 2. The van der Waals surface area contributed by atoms with Crippen LogP contribution >= 0.6 is 0 Å². The van der Waals surface area contributed by atoms with Crippen LogP contribution < -0.4 is 16.4 Å². The Hall–Kier alpha value is -2.14. The van der Waals surface area contributed by atoms with Crippen LogP contribution in [-0.2, 0) is 4.79 Å². The van der Waals surface area contributed by atoms with Crippen molar-refractivity contribution < 1.29 is 9.59 Å². The van der Waals surface area contributed by atoms with Crippen LogP contribution in [0.5, 0.6) is 0 Å². The highest BCUT2D eigenvalue weighted by Crippen LogP contribution is 2.10. The van der Waals surface area contributed by atoms with Gasteiger partial charge in [-0.25, -0.2) is 0 Å². The number of nitrogens with one attached hydrogen (secondary N) is 2. The zero-order valence-corrected chi connectivity index (χ0v) is 12.4. The van der Waals surface area contributed by atoms with Gasteiger partial charge in [0.1, 0.15) is 0 Å². The van der Waals surface area contributed by atoms with Gasteiger partial charge in [-0.15, -0.1) is 6.58 Å². The second-order valence-electron chi connectivity index (χ2n) is 4.88. The summed E-state index contributed by atoms with van der Waals surface area (Å²) >= 11 is 0. The molecule has 1 unspecified atom stereocenters. The smallest absolute Gasteiger partial charge is 0.251 e. The Morgan fingerprint density at radius 2 is 2.00 bits per heavy atom. The highest BCUT2D eigenvalue weighted by molar-refractivity contribution is 5.95. The summed E-state index contributed by atoms with van der Waals surface area (Å²) < 4.78 is 0. The van der Waals surface area contributed by atoms with Gasteiger partial charge in [0.05, 0.1) is 0 Å². The van der Waals surface area contributed by atoms with E-state index >= 15 is 0 Å². The van der Waals surface area contributed by atoms with Gasteiger partial charge in [-0.05, 0) is 30.7 Å². The van der Waals surface area contributed by atoms with Gasteiger partial charge in [-0.2, -0.15) is 0 Å². The number of amides is 2. The summed E-state index contributed by atoms with van der Waals surface area (Å²) in [6, 6.07) is 6.62. The Morgan fingerprint density at radius 1 is 1.33 bits per heavy atom. The summed E-state index contributed by atoms with van der Waals surface area (Å²) in [4.78, 5) is 23.5. The average molecular weight is 289 g/mol. The molecule has 0 spiro atoms. The molecule has 0 fully saturated rings. The van der Waals surface area contributed by atoms with Crippen molar-refractivity contribution in [1.82, 2.24) is 5.32 Å². The molecule has 0 heterocycles. The van der Waals surface area contributed by atoms with Crippen molar-refractivity contribution in [2.75, 3.05) is 11.9 Å². The van der Waals surface area contributed by atoms with Crippen LogP contribution in [0.3, 0.4) is 0 Å². The minimum Gasteiger partial charge on any atom is -0.349 e. The molecule has 1 aromatic carbocycles. The average Bonchev–Trinajstić information content (AvgIpc) is 2.45. The van der Waals surface area contributed by atoms with Crippen molar-refractivity contribution >= 4 is 17.5 Å². The monoisotopic (exact) mass is 289 g/mol. The lowest BCUT2D eigenvalue weighted by Crippen LogP contribution is -2.27. The minimum atomic E-state index is -0.169. The van der Waals surface area contributed by atoms with E-state index in [1.165, 1.54) is 0 Å². The molecule has 5 nitrogen and oxygen atoms in total. The number of benzene rings is 1. The number of hydrogen-bond acceptors (Lipinski definition) is 3. The van der Waals surface area contributed by atoms with Crippen molar-refractivity contribution in [2.45, 2.75) is 32.2 Å². The topological polar surface area (TPSA) is 84.2 Å². The van der Waals surface area contributed by atoms with E-state index in [0.717, 1.165) is 12.8 Å². The standard InChI is InChI=1S/C16H23N3O2/c1-3-5-13(17)11-15(20)19-14-8-6-12(7-9-14)16(21)18-10-4-2/h4,6-9,13H,2-3,5,10-11,17H2,1H3,(H,18,21)(H,19,20). The quantitative estimate of drug-likeness (QED) is 0.640. The zero-order valence-electron chi connectivity index (χ0n) is 12.4. The minimum absolute atomic E-state index is 0.111. The molecule has 5 heteroatoms. The molecule has 0 bridgehead atoms. The SMILES string of the molecule is C=CCNC(=O)c1ccc(NC(=O)CC(N)CCC)cc1. The van der Waals surface area contributed by atoms with Gasteiger partial charge in [-0.1, -0.05) is 19.4 Å². The van der Waals surface area contributed by atoms with Gasteiger partial charge in [-0.3, -0.25) is 9.59 Å². The second kappa shape index (κ2) is 8.92. The number of hydrogen-bond donors (Lipinski definition) is 3. The molecule has 114 valence electrons. The predicted octanol–water partition coefficient (Wildman–Crippen LogP) is 2.06. The molecule has 0 aromatic heterocycles. The molecule has 1 aromatic rings. The van der Waals surface area contributed by atoms with Crippen LogP contribution in [0, 0.1) is 0 Å². The van der Waals surface area contributed by atoms with Gasteiger partial charge in [0.2, 0.25) is 5.91 Å². The lowest BCUT2D eigenvalue weighted by molar-refractivity contribution is -0.116. The molecule has 4 N–H and O–H groups in total. The van der Waals surface area contributed by atoms with Crippen LogP contribution in [0.25, 0.3) is 0 Å². The maximum atomic E-state index is 11.8. The Balaban J connectivity index is 2.52. The Morgan fingerprint density at radius 3 is 2.57 bits per heavy atom. The van der Waals surface area contributed by atoms with Gasteiger partial charge in [0.25, 0.3) is 5.91 Å². The van der Waals surface area contributed by atoms with Crippen molar-refractivity contribution in [3.8, 4) is 0 Å². The van der Waals surface area contributed by atoms with Gasteiger partial charge in [0, 0.05) is 30.3 Å². The predicted molar refractivity (Wildman–Crippen MR) is 85.1 cm³/mol. The van der Waals surface area contributed by atoms with Crippen LogP contribution in [0.2, 0.25) is 0 Å². The Labute approximate surface area is 125 Å². The molecule has 0 radical (unpaired) electrons. The molecular formula is C16H23N3O2. The van der Waals surface area contributed by atoms with E-state index < -0.39 is 0 Å². The van der Waals surface area contributed by atoms with E-state index in [9.17, 15) is 9.59 Å². The lowest BCUT2D eigenvalue weighted by Gasteiger charge is -2.11. The van der Waals surface area contributed by atoms with Crippen LogP contribution in [-0.4, -0.2) is 24.4 Å². The summed E-state index contributed by atoms with van der Waals surface area (Å²) in [5, 5.41) is 5.46. The van der Waals surface area contributed by atoms with Gasteiger partial charge in [0.15, 0.2) is 0 Å². The molecule has 1 atom stereocenters. The first-order valence-electron chi connectivity index (χ1n) is 7.11. The first-order chi connectivity index (χ1) is 10.1. The van der Waals surface area contributed by atoms with E-state index in [0.29, 0.717) is 24.2 Å². The summed E-state index contributed by atoms with van der Waals surface area (Å²) in [5.74, 6) is -0.280. The van der Waals surface area contributed by atoms with E-state index in [1.54, 1.807) is 30.3 Å². The number of nitrogens with two attached hydrogens (primary N) is 1. The molecule has 21 heavy (non-hydrogen) atoms.